The molecule has 1 N–H and O–H groups in total. The van der Waals surface area contributed by atoms with Crippen molar-refractivity contribution in [2.75, 3.05) is 26.2 Å². The zero-order valence-corrected chi connectivity index (χ0v) is 11.1. The van der Waals surface area contributed by atoms with E-state index in [0.717, 1.165) is 25.9 Å². The summed E-state index contributed by atoms with van der Waals surface area (Å²) in [6, 6.07) is 2.19. The van der Waals surface area contributed by atoms with Gasteiger partial charge in [-0.3, -0.25) is 4.79 Å². The topological polar surface area (TPSA) is 56.1 Å². The minimum atomic E-state index is -0.288. The molecular weight excluding hydrogens is 214 g/mol. The number of rotatable bonds is 4. The molecule has 0 saturated carbocycles. The Morgan fingerprint density at radius 1 is 1.65 bits per heavy atom. The van der Waals surface area contributed by atoms with Crippen LogP contribution in [0, 0.1) is 22.7 Å². The molecule has 0 bridgehead atoms. The minimum Gasteiger partial charge on any atom is -0.341 e. The van der Waals surface area contributed by atoms with Gasteiger partial charge in [0.1, 0.15) is 0 Å². The van der Waals surface area contributed by atoms with E-state index in [4.69, 9.17) is 5.26 Å². The number of hydrogen-bond donors (Lipinski definition) is 1. The molecule has 1 aliphatic rings. The van der Waals surface area contributed by atoms with E-state index in [9.17, 15) is 4.79 Å². The van der Waals surface area contributed by atoms with Crippen molar-refractivity contribution >= 4 is 5.91 Å². The predicted octanol–water partition coefficient (Wildman–Crippen LogP) is 1.38. The predicted molar refractivity (Wildman–Crippen MR) is 67.2 cm³/mol. The summed E-state index contributed by atoms with van der Waals surface area (Å²) in [7, 11) is 0. The SMILES string of the molecule is CCN(CC(C)C#N)C(=O)C1(C)CCCNC1. The highest BCUT2D eigenvalue weighted by atomic mass is 16.2. The maximum absolute atomic E-state index is 12.5. The van der Waals surface area contributed by atoms with E-state index < -0.39 is 0 Å². The van der Waals surface area contributed by atoms with Crippen LogP contribution >= 0.6 is 0 Å². The van der Waals surface area contributed by atoms with Crippen LogP contribution in [0.4, 0.5) is 0 Å². The van der Waals surface area contributed by atoms with Crippen LogP contribution in [0.1, 0.15) is 33.6 Å². The third-order valence-electron chi connectivity index (χ3n) is 3.50. The van der Waals surface area contributed by atoms with Crippen molar-refractivity contribution in [2.45, 2.75) is 33.6 Å². The first-order chi connectivity index (χ1) is 8.03. The first kappa shape index (κ1) is 14.0. The lowest BCUT2D eigenvalue weighted by Crippen LogP contribution is -2.51. The van der Waals surface area contributed by atoms with Crippen molar-refractivity contribution in [3.63, 3.8) is 0 Å². The Kier molecular flexibility index (Phi) is 4.95. The number of carbonyl (C=O) groups is 1. The Morgan fingerprint density at radius 2 is 2.35 bits per heavy atom. The summed E-state index contributed by atoms with van der Waals surface area (Å²) >= 11 is 0. The number of nitriles is 1. The Labute approximate surface area is 104 Å². The maximum Gasteiger partial charge on any atom is 0.229 e. The minimum absolute atomic E-state index is 0.0981. The van der Waals surface area contributed by atoms with Crippen LogP contribution in [0.15, 0.2) is 0 Å². The van der Waals surface area contributed by atoms with Gasteiger partial charge in [-0.25, -0.2) is 0 Å². The fraction of sp³-hybridized carbons (Fsp3) is 0.846. The van der Waals surface area contributed by atoms with Crippen LogP contribution < -0.4 is 5.32 Å². The van der Waals surface area contributed by atoms with Crippen LogP contribution in [0.5, 0.6) is 0 Å². The van der Waals surface area contributed by atoms with E-state index in [2.05, 4.69) is 11.4 Å². The monoisotopic (exact) mass is 237 g/mol. The third-order valence-corrected chi connectivity index (χ3v) is 3.50. The molecule has 0 aromatic carbocycles. The lowest BCUT2D eigenvalue weighted by Gasteiger charge is -2.37. The summed E-state index contributed by atoms with van der Waals surface area (Å²) in [5.74, 6) is 0.0911. The highest BCUT2D eigenvalue weighted by Crippen LogP contribution is 2.28. The van der Waals surface area contributed by atoms with Gasteiger partial charge in [-0.2, -0.15) is 5.26 Å². The summed E-state index contributed by atoms with van der Waals surface area (Å²) < 4.78 is 0. The molecule has 2 atom stereocenters. The summed E-state index contributed by atoms with van der Waals surface area (Å²) in [5, 5.41) is 12.1. The van der Waals surface area contributed by atoms with Crippen molar-refractivity contribution in [3.8, 4) is 6.07 Å². The molecule has 1 amide bonds. The average molecular weight is 237 g/mol. The molecule has 1 aliphatic heterocycles. The highest BCUT2D eigenvalue weighted by Gasteiger charge is 2.37. The van der Waals surface area contributed by atoms with Crippen LogP contribution in [0.3, 0.4) is 0 Å². The van der Waals surface area contributed by atoms with E-state index >= 15 is 0 Å². The van der Waals surface area contributed by atoms with Crippen LogP contribution in [0.2, 0.25) is 0 Å². The summed E-state index contributed by atoms with van der Waals surface area (Å²) in [4.78, 5) is 14.3. The van der Waals surface area contributed by atoms with Crippen molar-refractivity contribution in [1.82, 2.24) is 10.2 Å². The van der Waals surface area contributed by atoms with E-state index in [-0.39, 0.29) is 17.2 Å². The quantitative estimate of drug-likeness (QED) is 0.803. The summed E-state index contributed by atoms with van der Waals surface area (Å²) in [6.45, 7) is 8.84. The molecule has 17 heavy (non-hydrogen) atoms. The van der Waals surface area contributed by atoms with Gasteiger partial charge in [0.15, 0.2) is 0 Å². The van der Waals surface area contributed by atoms with Gasteiger partial charge in [0.25, 0.3) is 0 Å². The molecular formula is C13H23N3O. The zero-order chi connectivity index (χ0) is 12.9. The molecule has 0 radical (unpaired) electrons. The Balaban J connectivity index is 2.68. The lowest BCUT2D eigenvalue weighted by molar-refractivity contribution is -0.142. The van der Waals surface area contributed by atoms with Gasteiger partial charge < -0.3 is 10.2 Å². The molecule has 96 valence electrons. The lowest BCUT2D eigenvalue weighted by atomic mass is 9.81. The smallest absolute Gasteiger partial charge is 0.229 e. The van der Waals surface area contributed by atoms with Gasteiger partial charge in [0, 0.05) is 19.6 Å². The standard InChI is InChI=1S/C13H23N3O/c1-4-16(9-11(2)8-14)12(17)13(3)6-5-7-15-10-13/h11,15H,4-7,9-10H2,1-3H3. The van der Waals surface area contributed by atoms with Crippen LogP contribution in [0.25, 0.3) is 0 Å². The molecule has 0 aromatic rings. The van der Waals surface area contributed by atoms with E-state index in [1.54, 1.807) is 0 Å². The summed E-state index contributed by atoms with van der Waals surface area (Å²) in [5.41, 5.74) is -0.288. The first-order valence-corrected chi connectivity index (χ1v) is 6.43. The Hall–Kier alpha value is -1.08. The number of amides is 1. The highest BCUT2D eigenvalue weighted by molar-refractivity contribution is 5.82. The molecule has 0 aromatic heterocycles. The normalized spacial score (nSPS) is 26.0. The number of hydrogen-bond acceptors (Lipinski definition) is 3. The molecule has 1 saturated heterocycles. The number of nitrogens with one attached hydrogen (secondary N) is 1. The molecule has 4 nitrogen and oxygen atoms in total. The molecule has 4 heteroatoms. The maximum atomic E-state index is 12.5. The first-order valence-electron chi connectivity index (χ1n) is 6.43. The van der Waals surface area contributed by atoms with Gasteiger partial charge >= 0.3 is 0 Å². The van der Waals surface area contributed by atoms with Crippen LogP contribution in [-0.2, 0) is 4.79 Å². The molecule has 1 heterocycles. The number of piperidine rings is 1. The molecule has 1 fully saturated rings. The summed E-state index contributed by atoms with van der Waals surface area (Å²) in [6.07, 6.45) is 1.99. The van der Waals surface area contributed by atoms with Gasteiger partial charge in [0.05, 0.1) is 17.4 Å². The van der Waals surface area contributed by atoms with Crippen LogP contribution in [-0.4, -0.2) is 37.0 Å². The van der Waals surface area contributed by atoms with Crippen molar-refractivity contribution < 1.29 is 4.79 Å². The second kappa shape index (κ2) is 6.02. The van der Waals surface area contributed by atoms with Gasteiger partial charge in [-0.1, -0.05) is 0 Å². The second-order valence-corrected chi connectivity index (χ2v) is 5.21. The van der Waals surface area contributed by atoms with E-state index in [1.807, 2.05) is 25.7 Å². The van der Waals surface area contributed by atoms with Crippen molar-refractivity contribution in [3.05, 3.63) is 0 Å². The van der Waals surface area contributed by atoms with E-state index in [0.29, 0.717) is 13.1 Å². The number of carbonyl (C=O) groups excluding carboxylic acids is 1. The second-order valence-electron chi connectivity index (χ2n) is 5.21. The molecule has 0 aliphatic carbocycles. The van der Waals surface area contributed by atoms with E-state index in [1.165, 1.54) is 0 Å². The van der Waals surface area contributed by atoms with Crippen molar-refractivity contribution in [1.29, 1.82) is 5.26 Å². The molecule has 0 spiro atoms. The van der Waals surface area contributed by atoms with Gasteiger partial charge in [0.2, 0.25) is 5.91 Å². The third kappa shape index (κ3) is 3.44. The fourth-order valence-electron chi connectivity index (χ4n) is 2.35. The van der Waals surface area contributed by atoms with Crippen molar-refractivity contribution in [2.24, 2.45) is 11.3 Å². The zero-order valence-electron chi connectivity index (χ0n) is 11.1. The molecule has 1 rings (SSSR count). The number of nitrogens with zero attached hydrogens (tertiary/aromatic N) is 2. The van der Waals surface area contributed by atoms with Gasteiger partial charge in [-0.15, -0.1) is 0 Å². The van der Waals surface area contributed by atoms with Gasteiger partial charge in [-0.05, 0) is 40.2 Å². The fourth-order valence-corrected chi connectivity index (χ4v) is 2.35. The Bertz CT molecular complexity index is 302. The largest absolute Gasteiger partial charge is 0.341 e. The Morgan fingerprint density at radius 3 is 2.82 bits per heavy atom. The molecule has 2 unspecified atom stereocenters. The average Bonchev–Trinajstić information content (AvgIpc) is 2.35.